The van der Waals surface area contributed by atoms with Gasteiger partial charge < -0.3 is 10.5 Å². The summed E-state index contributed by atoms with van der Waals surface area (Å²) in [6, 6.07) is 13.1. The van der Waals surface area contributed by atoms with Crippen LogP contribution in [0.3, 0.4) is 0 Å². The maximum atomic E-state index is 13.0. The van der Waals surface area contributed by atoms with E-state index in [0.717, 1.165) is 0 Å². The number of hydrogen-bond donors (Lipinski definition) is 1. The van der Waals surface area contributed by atoms with Gasteiger partial charge in [0.1, 0.15) is 11.6 Å². The standard InChI is InChI=1S/C15H16FNO2S/c16-12-5-3-6-13(11-12)20(18)10-4-9-19-15-8-2-1-7-14(15)17/h1-3,5-8,11H,4,9-10,17H2. The lowest BCUT2D eigenvalue weighted by Crippen LogP contribution is -2.06. The highest BCUT2D eigenvalue weighted by Crippen LogP contribution is 2.19. The second-order valence-corrected chi connectivity index (χ2v) is 5.82. The minimum Gasteiger partial charge on any atom is -0.491 e. The lowest BCUT2D eigenvalue weighted by Gasteiger charge is -2.08. The van der Waals surface area contributed by atoms with Crippen molar-refractivity contribution in [3.05, 3.63) is 54.3 Å². The fourth-order valence-electron chi connectivity index (χ4n) is 1.71. The minimum atomic E-state index is -1.21. The van der Waals surface area contributed by atoms with Crippen LogP contribution in [0.2, 0.25) is 0 Å². The van der Waals surface area contributed by atoms with E-state index in [4.69, 9.17) is 10.5 Å². The van der Waals surface area contributed by atoms with Crippen molar-refractivity contribution in [2.75, 3.05) is 18.1 Å². The van der Waals surface area contributed by atoms with Crippen LogP contribution in [0.25, 0.3) is 0 Å². The quantitative estimate of drug-likeness (QED) is 0.658. The van der Waals surface area contributed by atoms with Crippen molar-refractivity contribution in [3.8, 4) is 5.75 Å². The van der Waals surface area contributed by atoms with Gasteiger partial charge in [0.2, 0.25) is 0 Å². The molecule has 1 unspecified atom stereocenters. The molecule has 2 aromatic rings. The van der Waals surface area contributed by atoms with Crippen molar-refractivity contribution in [2.24, 2.45) is 0 Å². The first-order valence-corrected chi connectivity index (χ1v) is 7.60. The van der Waals surface area contributed by atoms with Gasteiger partial charge in [0.05, 0.1) is 23.1 Å². The number of benzene rings is 2. The van der Waals surface area contributed by atoms with Crippen LogP contribution in [0, 0.1) is 5.82 Å². The summed E-state index contributed by atoms with van der Waals surface area (Å²) in [6.45, 7) is 0.426. The van der Waals surface area contributed by atoms with E-state index >= 15 is 0 Å². The highest BCUT2D eigenvalue weighted by Gasteiger charge is 2.05. The van der Waals surface area contributed by atoms with E-state index in [0.29, 0.717) is 35.1 Å². The summed E-state index contributed by atoms with van der Waals surface area (Å²) in [5, 5.41) is 0. The number of ether oxygens (including phenoxy) is 1. The largest absolute Gasteiger partial charge is 0.491 e. The molecule has 0 aliphatic carbocycles. The topological polar surface area (TPSA) is 52.3 Å². The fraction of sp³-hybridized carbons (Fsp3) is 0.200. The third kappa shape index (κ3) is 4.06. The van der Waals surface area contributed by atoms with Gasteiger partial charge in [-0.05, 0) is 36.8 Å². The molecule has 0 spiro atoms. The minimum absolute atomic E-state index is 0.371. The predicted molar refractivity (Wildman–Crippen MR) is 78.6 cm³/mol. The van der Waals surface area contributed by atoms with Crippen LogP contribution in [0.1, 0.15) is 6.42 Å². The Hall–Kier alpha value is -1.88. The summed E-state index contributed by atoms with van der Waals surface area (Å²) in [5.74, 6) is 0.684. The average Bonchev–Trinajstić information content (AvgIpc) is 2.45. The molecule has 5 heteroatoms. The van der Waals surface area contributed by atoms with Gasteiger partial charge in [0, 0.05) is 10.6 Å². The van der Waals surface area contributed by atoms with Crippen LogP contribution in [0.15, 0.2) is 53.4 Å². The molecule has 1 atom stereocenters. The fourth-order valence-corrected chi connectivity index (χ4v) is 2.80. The Kier molecular flexibility index (Phi) is 5.12. The van der Waals surface area contributed by atoms with Crippen LogP contribution >= 0.6 is 0 Å². The summed E-state index contributed by atoms with van der Waals surface area (Å²) in [4.78, 5) is 0.504. The van der Waals surface area contributed by atoms with E-state index in [9.17, 15) is 8.60 Å². The van der Waals surface area contributed by atoms with Gasteiger partial charge in [-0.3, -0.25) is 4.21 Å². The molecule has 3 nitrogen and oxygen atoms in total. The summed E-state index contributed by atoms with van der Waals surface area (Å²) >= 11 is 0. The van der Waals surface area contributed by atoms with Gasteiger partial charge >= 0.3 is 0 Å². The van der Waals surface area contributed by atoms with Crippen molar-refractivity contribution in [1.82, 2.24) is 0 Å². The van der Waals surface area contributed by atoms with Crippen LogP contribution < -0.4 is 10.5 Å². The van der Waals surface area contributed by atoms with Crippen molar-refractivity contribution >= 4 is 16.5 Å². The molecule has 0 aliphatic rings. The predicted octanol–water partition coefficient (Wildman–Crippen LogP) is 2.98. The van der Waals surface area contributed by atoms with Gasteiger partial charge in [0.25, 0.3) is 0 Å². The SMILES string of the molecule is Nc1ccccc1OCCCS(=O)c1cccc(F)c1. The Labute approximate surface area is 120 Å². The zero-order valence-electron chi connectivity index (χ0n) is 10.9. The molecule has 0 saturated heterocycles. The number of halogens is 1. The Morgan fingerprint density at radius 3 is 2.70 bits per heavy atom. The van der Waals surface area contributed by atoms with Gasteiger partial charge in [-0.2, -0.15) is 0 Å². The smallest absolute Gasteiger partial charge is 0.142 e. The molecule has 20 heavy (non-hydrogen) atoms. The maximum Gasteiger partial charge on any atom is 0.142 e. The van der Waals surface area contributed by atoms with E-state index in [2.05, 4.69) is 0 Å². The van der Waals surface area contributed by atoms with Crippen molar-refractivity contribution < 1.29 is 13.3 Å². The number of para-hydroxylation sites is 2. The van der Waals surface area contributed by atoms with Crippen LogP contribution in [0.4, 0.5) is 10.1 Å². The Morgan fingerprint density at radius 1 is 1.15 bits per heavy atom. The number of rotatable bonds is 6. The van der Waals surface area contributed by atoms with E-state index in [1.54, 1.807) is 24.3 Å². The molecule has 2 N–H and O–H groups in total. The van der Waals surface area contributed by atoms with Crippen LogP contribution in [-0.2, 0) is 10.8 Å². The van der Waals surface area contributed by atoms with E-state index in [1.807, 2.05) is 12.1 Å². The molecule has 2 aromatic carbocycles. The summed E-state index contributed by atoms with van der Waals surface area (Å²) in [6.07, 6.45) is 0.609. The molecular formula is C15H16FNO2S. The maximum absolute atomic E-state index is 13.0. The molecular weight excluding hydrogens is 277 g/mol. The molecule has 0 radical (unpaired) electrons. The average molecular weight is 293 g/mol. The van der Waals surface area contributed by atoms with Crippen LogP contribution in [0.5, 0.6) is 5.75 Å². The molecule has 106 valence electrons. The molecule has 0 aromatic heterocycles. The number of nitrogen functional groups attached to an aromatic ring is 1. The van der Waals surface area contributed by atoms with Gasteiger partial charge in [0.15, 0.2) is 0 Å². The Bertz CT molecular complexity index is 604. The lowest BCUT2D eigenvalue weighted by atomic mass is 10.3. The van der Waals surface area contributed by atoms with Gasteiger partial charge in [-0.15, -0.1) is 0 Å². The summed E-state index contributed by atoms with van der Waals surface area (Å²) < 4.78 is 30.5. The summed E-state index contributed by atoms with van der Waals surface area (Å²) in [7, 11) is -1.21. The number of anilines is 1. The second-order valence-electron chi connectivity index (χ2n) is 4.25. The van der Waals surface area contributed by atoms with Crippen LogP contribution in [-0.4, -0.2) is 16.6 Å². The van der Waals surface area contributed by atoms with E-state index < -0.39 is 10.8 Å². The monoisotopic (exact) mass is 293 g/mol. The molecule has 0 amide bonds. The zero-order valence-corrected chi connectivity index (χ0v) is 11.7. The van der Waals surface area contributed by atoms with E-state index in [-0.39, 0.29) is 5.82 Å². The molecule has 2 rings (SSSR count). The Balaban J connectivity index is 1.79. The molecule has 0 aliphatic heterocycles. The molecule has 0 heterocycles. The number of hydrogen-bond acceptors (Lipinski definition) is 3. The number of nitrogens with two attached hydrogens (primary N) is 1. The molecule has 0 fully saturated rings. The summed E-state index contributed by atoms with van der Waals surface area (Å²) in [5.41, 5.74) is 6.33. The first-order chi connectivity index (χ1) is 9.66. The highest BCUT2D eigenvalue weighted by molar-refractivity contribution is 7.85. The normalized spacial score (nSPS) is 12.1. The Morgan fingerprint density at radius 2 is 1.95 bits per heavy atom. The first kappa shape index (κ1) is 14.5. The van der Waals surface area contributed by atoms with Crippen molar-refractivity contribution in [1.29, 1.82) is 0 Å². The molecule has 0 bridgehead atoms. The highest BCUT2D eigenvalue weighted by atomic mass is 32.2. The van der Waals surface area contributed by atoms with E-state index in [1.165, 1.54) is 12.1 Å². The first-order valence-electron chi connectivity index (χ1n) is 6.28. The molecule has 0 saturated carbocycles. The lowest BCUT2D eigenvalue weighted by molar-refractivity contribution is 0.320. The second kappa shape index (κ2) is 7.05. The van der Waals surface area contributed by atoms with Crippen molar-refractivity contribution in [2.45, 2.75) is 11.3 Å². The third-order valence-electron chi connectivity index (χ3n) is 2.71. The van der Waals surface area contributed by atoms with Crippen molar-refractivity contribution in [3.63, 3.8) is 0 Å². The van der Waals surface area contributed by atoms with Gasteiger partial charge in [-0.25, -0.2) is 4.39 Å². The zero-order chi connectivity index (χ0) is 14.4. The van der Waals surface area contributed by atoms with Gasteiger partial charge in [-0.1, -0.05) is 18.2 Å². The third-order valence-corrected chi connectivity index (χ3v) is 4.15.